The molecule has 1 N–H and O–H groups in total. The van der Waals surface area contributed by atoms with Crippen molar-refractivity contribution in [2.45, 2.75) is 19.4 Å². The third-order valence-corrected chi connectivity index (χ3v) is 3.82. The van der Waals surface area contributed by atoms with E-state index in [0.29, 0.717) is 6.42 Å². The highest BCUT2D eigenvalue weighted by molar-refractivity contribution is 6.30. The van der Waals surface area contributed by atoms with Crippen LogP contribution in [-0.4, -0.2) is 14.2 Å². The molecule has 112 valence electrons. The number of rotatable bonds is 5. The first kappa shape index (κ1) is 15.8. The number of hydrogen-bond donors (Lipinski definition) is 1. The fourth-order valence-corrected chi connectivity index (χ4v) is 2.60. The Morgan fingerprint density at radius 3 is 2.62 bits per heavy atom. The van der Waals surface area contributed by atoms with E-state index in [4.69, 9.17) is 16.3 Å². The lowest BCUT2D eigenvalue weighted by atomic mass is 9.96. The van der Waals surface area contributed by atoms with Gasteiger partial charge in [-0.25, -0.2) is 4.39 Å². The minimum Gasteiger partial charge on any atom is -0.496 e. The van der Waals surface area contributed by atoms with E-state index in [1.54, 1.807) is 19.2 Å². The molecule has 2 aromatic carbocycles. The highest BCUT2D eigenvalue weighted by Crippen LogP contribution is 2.29. The Bertz CT molecular complexity index is 630. The molecule has 2 nitrogen and oxygen atoms in total. The van der Waals surface area contributed by atoms with Crippen LogP contribution in [0, 0.1) is 12.7 Å². The molecule has 0 spiro atoms. The van der Waals surface area contributed by atoms with Gasteiger partial charge in [-0.3, -0.25) is 0 Å². The quantitative estimate of drug-likeness (QED) is 0.889. The van der Waals surface area contributed by atoms with Gasteiger partial charge in [-0.15, -0.1) is 0 Å². The van der Waals surface area contributed by atoms with Crippen molar-refractivity contribution >= 4 is 11.6 Å². The fraction of sp³-hybridized carbons (Fsp3) is 0.294. The molecule has 0 amide bonds. The second-order valence-electron chi connectivity index (χ2n) is 5.04. The minimum atomic E-state index is -0.394. The lowest BCUT2D eigenvalue weighted by molar-refractivity contribution is 0.401. The highest BCUT2D eigenvalue weighted by atomic mass is 35.5. The zero-order valence-corrected chi connectivity index (χ0v) is 13.2. The highest BCUT2D eigenvalue weighted by Gasteiger charge is 2.16. The summed E-state index contributed by atoms with van der Waals surface area (Å²) < 4.78 is 18.7. The Balaban J connectivity index is 2.31. The summed E-state index contributed by atoms with van der Waals surface area (Å²) in [4.78, 5) is 0. The van der Waals surface area contributed by atoms with Crippen LogP contribution in [0.1, 0.15) is 22.7 Å². The molecule has 0 aliphatic heterocycles. The molecule has 2 aromatic rings. The van der Waals surface area contributed by atoms with Crippen molar-refractivity contribution in [3.05, 3.63) is 63.9 Å². The smallest absolute Gasteiger partial charge is 0.141 e. The molecule has 1 atom stereocenters. The summed E-state index contributed by atoms with van der Waals surface area (Å²) in [7, 11) is 3.56. The number of nitrogens with one attached hydrogen (secondary N) is 1. The van der Waals surface area contributed by atoms with Gasteiger partial charge in [0.2, 0.25) is 0 Å². The number of ether oxygens (including phenoxy) is 1. The van der Waals surface area contributed by atoms with E-state index in [1.165, 1.54) is 11.6 Å². The summed E-state index contributed by atoms with van der Waals surface area (Å²) in [5.41, 5.74) is 3.23. The van der Waals surface area contributed by atoms with Crippen LogP contribution < -0.4 is 10.1 Å². The van der Waals surface area contributed by atoms with Gasteiger partial charge in [-0.1, -0.05) is 35.4 Å². The Hall–Kier alpha value is -1.58. The number of likely N-dealkylation sites (N-methyl/N-ethyl adjacent to an activating group) is 1. The normalized spacial score (nSPS) is 12.2. The van der Waals surface area contributed by atoms with Crippen LogP contribution in [-0.2, 0) is 6.42 Å². The molecular weight excluding hydrogens is 289 g/mol. The van der Waals surface area contributed by atoms with E-state index >= 15 is 0 Å². The van der Waals surface area contributed by atoms with Crippen molar-refractivity contribution in [2.75, 3.05) is 14.2 Å². The molecule has 0 heterocycles. The average Bonchev–Trinajstić information content (AvgIpc) is 2.48. The van der Waals surface area contributed by atoms with Crippen LogP contribution in [0.5, 0.6) is 5.75 Å². The van der Waals surface area contributed by atoms with Gasteiger partial charge < -0.3 is 10.1 Å². The molecule has 0 saturated carbocycles. The monoisotopic (exact) mass is 307 g/mol. The lowest BCUT2D eigenvalue weighted by Crippen LogP contribution is -2.19. The van der Waals surface area contributed by atoms with E-state index < -0.39 is 5.82 Å². The third-order valence-electron chi connectivity index (χ3n) is 3.53. The van der Waals surface area contributed by atoms with Crippen LogP contribution in [0.3, 0.4) is 0 Å². The Kier molecular flexibility index (Phi) is 5.21. The SMILES string of the molecule is CNC(Cc1ccc(F)c(Cl)c1)c1cc(C)ccc1OC. The predicted molar refractivity (Wildman–Crippen MR) is 84.6 cm³/mol. The zero-order chi connectivity index (χ0) is 15.4. The number of aryl methyl sites for hydroxylation is 1. The maximum Gasteiger partial charge on any atom is 0.141 e. The first-order chi connectivity index (χ1) is 10.0. The molecule has 21 heavy (non-hydrogen) atoms. The summed E-state index contributed by atoms with van der Waals surface area (Å²) in [6.45, 7) is 2.05. The van der Waals surface area contributed by atoms with Gasteiger partial charge in [-0.05, 0) is 44.2 Å². The van der Waals surface area contributed by atoms with Crippen molar-refractivity contribution in [1.29, 1.82) is 0 Å². The van der Waals surface area contributed by atoms with E-state index in [-0.39, 0.29) is 11.1 Å². The summed E-state index contributed by atoms with van der Waals surface area (Å²) in [6, 6.07) is 11.0. The van der Waals surface area contributed by atoms with Gasteiger partial charge in [0, 0.05) is 11.6 Å². The summed E-state index contributed by atoms with van der Waals surface area (Å²) in [6.07, 6.45) is 0.705. The van der Waals surface area contributed by atoms with Gasteiger partial charge in [0.15, 0.2) is 0 Å². The lowest BCUT2D eigenvalue weighted by Gasteiger charge is -2.20. The molecule has 4 heteroatoms. The molecule has 0 saturated heterocycles. The third kappa shape index (κ3) is 3.74. The predicted octanol–water partition coefficient (Wildman–Crippen LogP) is 4.30. The topological polar surface area (TPSA) is 21.3 Å². The van der Waals surface area contributed by atoms with Crippen LogP contribution >= 0.6 is 11.6 Å². The van der Waals surface area contributed by atoms with Crippen molar-refractivity contribution in [1.82, 2.24) is 5.32 Å². The van der Waals surface area contributed by atoms with Crippen molar-refractivity contribution in [3.8, 4) is 5.75 Å². The van der Waals surface area contributed by atoms with E-state index in [1.807, 2.05) is 26.1 Å². The maximum atomic E-state index is 13.2. The van der Waals surface area contributed by atoms with Crippen molar-refractivity contribution in [2.24, 2.45) is 0 Å². The molecule has 0 aliphatic carbocycles. The van der Waals surface area contributed by atoms with Crippen molar-refractivity contribution < 1.29 is 9.13 Å². The van der Waals surface area contributed by atoms with E-state index in [0.717, 1.165) is 16.9 Å². The Morgan fingerprint density at radius 2 is 2.00 bits per heavy atom. The van der Waals surface area contributed by atoms with E-state index in [2.05, 4.69) is 11.4 Å². The zero-order valence-electron chi connectivity index (χ0n) is 12.4. The molecule has 0 aliphatic rings. The Labute approximate surface area is 129 Å². The van der Waals surface area contributed by atoms with Gasteiger partial charge >= 0.3 is 0 Å². The second kappa shape index (κ2) is 6.92. The molecule has 0 fully saturated rings. The van der Waals surface area contributed by atoms with Crippen LogP contribution in [0.2, 0.25) is 5.02 Å². The number of methoxy groups -OCH3 is 1. The van der Waals surface area contributed by atoms with Crippen LogP contribution in [0.4, 0.5) is 4.39 Å². The summed E-state index contributed by atoms with van der Waals surface area (Å²) in [5, 5.41) is 3.44. The van der Waals surface area contributed by atoms with Crippen LogP contribution in [0.15, 0.2) is 36.4 Å². The number of benzene rings is 2. The number of halogens is 2. The molecule has 0 bridgehead atoms. The summed E-state index contributed by atoms with van der Waals surface area (Å²) >= 11 is 5.85. The molecule has 1 unspecified atom stereocenters. The molecule has 0 aromatic heterocycles. The summed E-state index contributed by atoms with van der Waals surface area (Å²) in [5.74, 6) is 0.447. The largest absolute Gasteiger partial charge is 0.496 e. The Morgan fingerprint density at radius 1 is 1.24 bits per heavy atom. The minimum absolute atomic E-state index is 0.0707. The van der Waals surface area contributed by atoms with Crippen molar-refractivity contribution in [3.63, 3.8) is 0 Å². The van der Waals surface area contributed by atoms with Gasteiger partial charge in [0.1, 0.15) is 11.6 Å². The van der Waals surface area contributed by atoms with Gasteiger partial charge in [0.05, 0.1) is 12.1 Å². The van der Waals surface area contributed by atoms with Gasteiger partial charge in [0.25, 0.3) is 0 Å². The van der Waals surface area contributed by atoms with E-state index in [9.17, 15) is 4.39 Å². The van der Waals surface area contributed by atoms with Gasteiger partial charge in [-0.2, -0.15) is 0 Å². The molecule has 2 rings (SSSR count). The van der Waals surface area contributed by atoms with Crippen LogP contribution in [0.25, 0.3) is 0 Å². The molecular formula is C17H19ClFNO. The number of hydrogen-bond acceptors (Lipinski definition) is 2. The standard InChI is InChI=1S/C17H19ClFNO/c1-11-4-7-17(21-3)13(8-11)16(20-2)10-12-5-6-15(19)14(18)9-12/h4-9,16,20H,10H2,1-3H3. The fourth-order valence-electron chi connectivity index (χ4n) is 2.40. The molecule has 0 radical (unpaired) electrons. The maximum absolute atomic E-state index is 13.2. The second-order valence-corrected chi connectivity index (χ2v) is 5.45. The first-order valence-electron chi connectivity index (χ1n) is 6.81. The average molecular weight is 308 g/mol. The first-order valence-corrected chi connectivity index (χ1v) is 7.18.